The van der Waals surface area contributed by atoms with Crippen LogP contribution in [0.4, 0.5) is 4.39 Å². The van der Waals surface area contributed by atoms with Crippen LogP contribution in [0.1, 0.15) is 30.5 Å². The topological polar surface area (TPSA) is 55.8 Å². The van der Waals surface area contributed by atoms with Crippen LogP contribution in [-0.4, -0.2) is 30.4 Å². The van der Waals surface area contributed by atoms with Crippen molar-refractivity contribution in [3.05, 3.63) is 77.1 Å². The summed E-state index contributed by atoms with van der Waals surface area (Å²) in [4.78, 5) is 11.9. The average molecular weight is 372 g/mol. The SMILES string of the molecule is C.O=C(OCc1ccccc1)[C@@H](O)Cc1ccc(C2=CCOCC2)c(F)c1. The lowest BCUT2D eigenvalue weighted by atomic mass is 9.98. The van der Waals surface area contributed by atoms with E-state index in [4.69, 9.17) is 9.47 Å². The summed E-state index contributed by atoms with van der Waals surface area (Å²) in [5.41, 5.74) is 2.84. The number of hydrogen-bond donors (Lipinski definition) is 1. The molecular formula is C22H25FO4. The first-order valence-electron chi connectivity index (χ1n) is 8.57. The van der Waals surface area contributed by atoms with Gasteiger partial charge in [0, 0.05) is 12.0 Å². The fraction of sp³-hybridized carbons (Fsp3) is 0.318. The molecule has 0 saturated heterocycles. The fourth-order valence-corrected chi connectivity index (χ4v) is 2.85. The summed E-state index contributed by atoms with van der Waals surface area (Å²) in [5.74, 6) is -1.08. The third-order valence-corrected chi connectivity index (χ3v) is 4.27. The number of esters is 1. The van der Waals surface area contributed by atoms with Crippen LogP contribution in [0.2, 0.25) is 0 Å². The first-order chi connectivity index (χ1) is 12.6. The van der Waals surface area contributed by atoms with Crippen molar-refractivity contribution in [3.8, 4) is 0 Å². The number of carbonyl (C=O) groups is 1. The van der Waals surface area contributed by atoms with Crippen molar-refractivity contribution in [1.29, 1.82) is 0 Å². The summed E-state index contributed by atoms with van der Waals surface area (Å²) in [7, 11) is 0. The zero-order valence-corrected chi connectivity index (χ0v) is 14.4. The van der Waals surface area contributed by atoms with Gasteiger partial charge < -0.3 is 14.6 Å². The van der Waals surface area contributed by atoms with Crippen molar-refractivity contribution in [3.63, 3.8) is 0 Å². The molecule has 5 heteroatoms. The molecule has 2 aromatic carbocycles. The van der Waals surface area contributed by atoms with Gasteiger partial charge in [-0.15, -0.1) is 0 Å². The van der Waals surface area contributed by atoms with Crippen molar-refractivity contribution in [2.75, 3.05) is 13.2 Å². The van der Waals surface area contributed by atoms with E-state index in [0.717, 1.165) is 11.1 Å². The van der Waals surface area contributed by atoms with Gasteiger partial charge in [-0.3, -0.25) is 0 Å². The molecule has 1 atom stereocenters. The Balaban J connectivity index is 0.00000261. The Hall–Kier alpha value is -2.50. The molecule has 0 unspecified atom stereocenters. The van der Waals surface area contributed by atoms with Crippen LogP contribution in [0.15, 0.2) is 54.6 Å². The highest BCUT2D eigenvalue weighted by molar-refractivity contribution is 5.75. The van der Waals surface area contributed by atoms with Crippen LogP contribution in [0.3, 0.4) is 0 Å². The van der Waals surface area contributed by atoms with Gasteiger partial charge in [-0.2, -0.15) is 0 Å². The molecule has 0 fully saturated rings. The van der Waals surface area contributed by atoms with E-state index in [9.17, 15) is 14.3 Å². The van der Waals surface area contributed by atoms with Gasteiger partial charge in [0.15, 0.2) is 6.10 Å². The van der Waals surface area contributed by atoms with E-state index >= 15 is 0 Å². The Morgan fingerprint density at radius 3 is 2.63 bits per heavy atom. The van der Waals surface area contributed by atoms with Gasteiger partial charge in [-0.1, -0.05) is 56.0 Å². The van der Waals surface area contributed by atoms with Crippen LogP contribution in [0, 0.1) is 5.82 Å². The van der Waals surface area contributed by atoms with Crippen molar-refractivity contribution >= 4 is 11.5 Å². The number of rotatable bonds is 6. The Morgan fingerprint density at radius 1 is 1.19 bits per heavy atom. The first-order valence-corrected chi connectivity index (χ1v) is 8.57. The maximum atomic E-state index is 14.4. The van der Waals surface area contributed by atoms with E-state index in [2.05, 4.69) is 0 Å². The highest BCUT2D eigenvalue weighted by Gasteiger charge is 2.19. The lowest BCUT2D eigenvalue weighted by molar-refractivity contribution is -0.154. The molecule has 4 nitrogen and oxygen atoms in total. The lowest BCUT2D eigenvalue weighted by Gasteiger charge is -2.15. The summed E-state index contributed by atoms with van der Waals surface area (Å²) in [5, 5.41) is 10.0. The second kappa shape index (κ2) is 10.00. The molecule has 1 heterocycles. The van der Waals surface area contributed by atoms with Gasteiger partial charge in [0.05, 0.1) is 13.2 Å². The number of aliphatic hydroxyl groups excluding tert-OH is 1. The summed E-state index contributed by atoms with van der Waals surface area (Å²) in [6, 6.07) is 14.0. The van der Waals surface area contributed by atoms with Crippen molar-refractivity contribution in [1.82, 2.24) is 0 Å². The van der Waals surface area contributed by atoms with Crippen LogP contribution in [0.5, 0.6) is 0 Å². The number of halogens is 1. The number of carbonyl (C=O) groups excluding carboxylic acids is 1. The Kier molecular flexibility index (Phi) is 7.70. The fourth-order valence-electron chi connectivity index (χ4n) is 2.85. The molecule has 3 rings (SSSR count). The number of benzene rings is 2. The molecule has 0 radical (unpaired) electrons. The minimum Gasteiger partial charge on any atom is -0.459 e. The van der Waals surface area contributed by atoms with Crippen molar-refractivity contribution in [2.45, 2.75) is 33.0 Å². The molecular weight excluding hydrogens is 347 g/mol. The Morgan fingerprint density at radius 2 is 1.96 bits per heavy atom. The zero-order chi connectivity index (χ0) is 18.4. The minimum absolute atomic E-state index is 0. The van der Waals surface area contributed by atoms with E-state index in [1.54, 1.807) is 12.1 Å². The van der Waals surface area contributed by atoms with Gasteiger partial charge in [0.2, 0.25) is 0 Å². The van der Waals surface area contributed by atoms with Crippen LogP contribution < -0.4 is 0 Å². The molecule has 1 aliphatic heterocycles. The van der Waals surface area contributed by atoms with Crippen LogP contribution in [0.25, 0.3) is 5.57 Å². The van der Waals surface area contributed by atoms with E-state index in [0.29, 0.717) is 30.8 Å². The summed E-state index contributed by atoms with van der Waals surface area (Å²) in [6.07, 6.45) is 1.22. The molecule has 27 heavy (non-hydrogen) atoms. The predicted octanol–water partition coefficient (Wildman–Crippen LogP) is 3.91. The quantitative estimate of drug-likeness (QED) is 0.781. The molecule has 1 N–H and O–H groups in total. The first kappa shape index (κ1) is 20.8. The second-order valence-electron chi connectivity index (χ2n) is 6.18. The van der Waals surface area contributed by atoms with Gasteiger partial charge in [0.1, 0.15) is 12.4 Å². The van der Waals surface area contributed by atoms with E-state index in [-0.39, 0.29) is 26.3 Å². The van der Waals surface area contributed by atoms with Crippen LogP contribution in [-0.2, 0) is 27.3 Å². The smallest absolute Gasteiger partial charge is 0.335 e. The molecule has 0 aliphatic carbocycles. The summed E-state index contributed by atoms with van der Waals surface area (Å²) >= 11 is 0. The molecule has 0 bridgehead atoms. The normalized spacial score (nSPS) is 14.7. The predicted molar refractivity (Wildman–Crippen MR) is 102 cm³/mol. The number of ether oxygens (including phenoxy) is 2. The Bertz CT molecular complexity index is 786. The highest BCUT2D eigenvalue weighted by atomic mass is 19.1. The van der Waals surface area contributed by atoms with Gasteiger partial charge >= 0.3 is 5.97 Å². The third kappa shape index (κ3) is 5.74. The number of hydrogen-bond acceptors (Lipinski definition) is 4. The van der Waals surface area contributed by atoms with E-state index < -0.39 is 12.1 Å². The lowest BCUT2D eigenvalue weighted by Crippen LogP contribution is -2.25. The molecule has 144 valence electrons. The van der Waals surface area contributed by atoms with E-state index in [1.165, 1.54) is 6.07 Å². The van der Waals surface area contributed by atoms with Crippen molar-refractivity contribution < 1.29 is 23.8 Å². The average Bonchev–Trinajstić information content (AvgIpc) is 2.67. The summed E-state index contributed by atoms with van der Waals surface area (Å²) < 4.78 is 24.7. The van der Waals surface area contributed by atoms with Gasteiger partial charge in [0.25, 0.3) is 0 Å². The third-order valence-electron chi connectivity index (χ3n) is 4.27. The Labute approximate surface area is 159 Å². The van der Waals surface area contributed by atoms with E-state index in [1.807, 2.05) is 36.4 Å². The molecule has 0 spiro atoms. The number of aliphatic hydroxyl groups is 1. The maximum absolute atomic E-state index is 14.4. The molecule has 0 saturated carbocycles. The molecule has 0 amide bonds. The minimum atomic E-state index is -1.33. The van der Waals surface area contributed by atoms with Gasteiger partial charge in [-0.25, -0.2) is 9.18 Å². The highest BCUT2D eigenvalue weighted by Crippen LogP contribution is 2.25. The van der Waals surface area contributed by atoms with Gasteiger partial charge in [-0.05, 0) is 29.2 Å². The summed E-state index contributed by atoms with van der Waals surface area (Å²) in [6.45, 7) is 1.17. The monoisotopic (exact) mass is 372 g/mol. The van der Waals surface area contributed by atoms with Crippen LogP contribution >= 0.6 is 0 Å². The molecule has 2 aromatic rings. The largest absolute Gasteiger partial charge is 0.459 e. The van der Waals surface area contributed by atoms with Crippen molar-refractivity contribution in [2.24, 2.45) is 0 Å². The molecule has 1 aliphatic rings. The zero-order valence-electron chi connectivity index (χ0n) is 14.4. The molecule has 0 aromatic heterocycles. The maximum Gasteiger partial charge on any atom is 0.335 e. The second-order valence-corrected chi connectivity index (χ2v) is 6.18. The standard InChI is InChI=1S/C21H21FO4.CH4/c22-19-12-16(6-7-18(19)17-8-10-25-11-9-17)13-20(23)21(24)26-14-15-4-2-1-3-5-15;/h1-8,12,20,23H,9-11,13-14H2;1H4/t20-;/m0./s1.